The quantitative estimate of drug-likeness (QED) is 0.663. The number of para-hydroxylation sites is 1. The molecular weight excluding hydrogens is 432 g/mol. The number of likely N-dealkylation sites (N-methyl/N-ethyl adjacent to an activating group) is 1. The molecule has 0 radical (unpaired) electrons. The van der Waals surface area contributed by atoms with E-state index in [1.165, 1.54) is 4.90 Å². The lowest BCUT2D eigenvalue weighted by Gasteiger charge is -2.32. The van der Waals surface area contributed by atoms with E-state index >= 15 is 0 Å². The Morgan fingerprint density at radius 2 is 1.71 bits per heavy atom. The van der Waals surface area contributed by atoms with Crippen LogP contribution >= 0.6 is 0 Å². The second kappa shape index (κ2) is 10.2. The molecule has 0 saturated carbocycles. The third-order valence-corrected chi connectivity index (χ3v) is 6.21. The number of fused-ring (bicyclic) bond motifs is 2. The van der Waals surface area contributed by atoms with Crippen molar-refractivity contribution < 1.29 is 23.8 Å². The fourth-order valence-corrected chi connectivity index (χ4v) is 4.44. The maximum absolute atomic E-state index is 13.5. The maximum Gasteiger partial charge on any atom is 0.258 e. The van der Waals surface area contributed by atoms with Crippen molar-refractivity contribution in [3.8, 4) is 17.2 Å². The van der Waals surface area contributed by atoms with Gasteiger partial charge in [0.1, 0.15) is 11.8 Å². The smallest absolute Gasteiger partial charge is 0.258 e. The van der Waals surface area contributed by atoms with Crippen LogP contribution in [-0.2, 0) is 4.79 Å². The summed E-state index contributed by atoms with van der Waals surface area (Å²) in [7, 11) is 1.67. The van der Waals surface area contributed by atoms with Crippen molar-refractivity contribution in [3.05, 3.63) is 65.7 Å². The van der Waals surface area contributed by atoms with E-state index in [9.17, 15) is 9.59 Å². The normalized spacial score (nSPS) is 24.1. The summed E-state index contributed by atoms with van der Waals surface area (Å²) in [5, 5.41) is 3.18. The second-order valence-corrected chi connectivity index (χ2v) is 9.15. The topological polar surface area (TPSA) is 77.1 Å². The zero-order chi connectivity index (χ0) is 24.2. The van der Waals surface area contributed by atoms with Crippen LogP contribution in [-0.4, -0.2) is 42.7 Å². The highest BCUT2D eigenvalue weighted by Gasteiger charge is 2.33. The molecule has 7 nitrogen and oxygen atoms in total. The fourth-order valence-electron chi connectivity index (χ4n) is 4.44. The van der Waals surface area contributed by atoms with Crippen LogP contribution < -0.4 is 19.5 Å². The molecule has 0 fully saturated rings. The molecule has 0 bridgehead atoms. The molecule has 1 N–H and O–H groups in total. The van der Waals surface area contributed by atoms with Gasteiger partial charge in [-0.2, -0.15) is 0 Å². The lowest BCUT2D eigenvalue weighted by atomic mass is 9.97. The van der Waals surface area contributed by atoms with Gasteiger partial charge in [-0.3, -0.25) is 9.59 Å². The first-order chi connectivity index (χ1) is 16.3. The molecule has 2 aromatic carbocycles. The molecule has 0 unspecified atom stereocenters. The van der Waals surface area contributed by atoms with Gasteiger partial charge in [0, 0.05) is 13.5 Å². The van der Waals surface area contributed by atoms with E-state index in [1.807, 2.05) is 51.1 Å². The third kappa shape index (κ3) is 5.03. The fraction of sp³-hybridized carbons (Fsp3) is 0.407. The van der Waals surface area contributed by atoms with E-state index in [0.717, 1.165) is 5.56 Å². The molecule has 4 rings (SSSR count). The predicted octanol–water partition coefficient (Wildman–Crippen LogP) is 4.49. The van der Waals surface area contributed by atoms with Crippen molar-refractivity contribution >= 4 is 11.8 Å². The highest BCUT2D eigenvalue weighted by molar-refractivity contribution is 5.99. The first kappa shape index (κ1) is 23.7. The lowest BCUT2D eigenvalue weighted by Crippen LogP contribution is -2.51. The largest absolute Gasteiger partial charge is 0.490 e. The Morgan fingerprint density at radius 1 is 0.971 bits per heavy atom. The average molecular weight is 465 g/mol. The zero-order valence-electron chi connectivity index (χ0n) is 20.1. The number of rotatable bonds is 2. The molecule has 2 amide bonds. The molecular formula is C27H32N2O5. The van der Waals surface area contributed by atoms with Gasteiger partial charge in [-0.05, 0) is 49.1 Å². The predicted molar refractivity (Wildman–Crippen MR) is 129 cm³/mol. The highest BCUT2D eigenvalue weighted by Crippen LogP contribution is 2.35. The SMILES string of the molecule is CC(C)[C@@H]1C(=O)N[C@H](c2ccc3c(c2)OCO3)C/C=C/C[C@H](C)Oc2ccccc2C(=O)N1C. The van der Waals surface area contributed by atoms with E-state index in [-0.39, 0.29) is 36.7 Å². The summed E-state index contributed by atoms with van der Waals surface area (Å²) in [4.78, 5) is 28.5. The number of ether oxygens (including phenoxy) is 3. The van der Waals surface area contributed by atoms with Crippen LogP contribution in [0.5, 0.6) is 17.2 Å². The second-order valence-electron chi connectivity index (χ2n) is 9.15. The Balaban J connectivity index is 1.69. The van der Waals surface area contributed by atoms with Gasteiger partial charge in [0.05, 0.1) is 17.7 Å². The molecule has 0 aromatic heterocycles. The number of hydrogen-bond acceptors (Lipinski definition) is 5. The van der Waals surface area contributed by atoms with Crippen LogP contribution in [0.3, 0.4) is 0 Å². The summed E-state index contributed by atoms with van der Waals surface area (Å²) in [6.45, 7) is 6.06. The van der Waals surface area contributed by atoms with Crippen LogP contribution in [0.4, 0.5) is 0 Å². The van der Waals surface area contributed by atoms with Crippen molar-refractivity contribution in [1.29, 1.82) is 0 Å². The Kier molecular flexibility index (Phi) is 7.10. The van der Waals surface area contributed by atoms with Crippen LogP contribution in [0.15, 0.2) is 54.6 Å². The molecule has 7 heteroatoms. The van der Waals surface area contributed by atoms with Gasteiger partial charge in [0.2, 0.25) is 12.7 Å². The van der Waals surface area contributed by atoms with Crippen LogP contribution in [0, 0.1) is 5.92 Å². The Bertz CT molecular complexity index is 1080. The van der Waals surface area contributed by atoms with Gasteiger partial charge in [-0.1, -0.05) is 44.2 Å². The van der Waals surface area contributed by atoms with E-state index in [2.05, 4.69) is 17.5 Å². The first-order valence-electron chi connectivity index (χ1n) is 11.7. The van der Waals surface area contributed by atoms with Gasteiger partial charge in [-0.15, -0.1) is 0 Å². The summed E-state index contributed by atoms with van der Waals surface area (Å²) < 4.78 is 17.1. The number of carbonyl (C=O) groups is 2. The number of benzene rings is 2. The van der Waals surface area contributed by atoms with Crippen LogP contribution in [0.25, 0.3) is 0 Å². The van der Waals surface area contributed by atoms with E-state index in [4.69, 9.17) is 14.2 Å². The minimum atomic E-state index is -0.651. The Hall–Kier alpha value is -3.48. The van der Waals surface area contributed by atoms with Gasteiger partial charge in [0.15, 0.2) is 11.5 Å². The van der Waals surface area contributed by atoms with Crippen molar-refractivity contribution in [2.45, 2.75) is 51.8 Å². The number of nitrogens with zero attached hydrogens (tertiary/aromatic N) is 1. The van der Waals surface area contributed by atoms with E-state index in [0.29, 0.717) is 35.7 Å². The molecule has 0 spiro atoms. The van der Waals surface area contributed by atoms with Gasteiger partial charge >= 0.3 is 0 Å². The minimum absolute atomic E-state index is 0.0955. The van der Waals surface area contributed by atoms with Crippen LogP contribution in [0.2, 0.25) is 0 Å². The van der Waals surface area contributed by atoms with Gasteiger partial charge in [-0.25, -0.2) is 0 Å². The van der Waals surface area contributed by atoms with Crippen molar-refractivity contribution in [3.63, 3.8) is 0 Å². The molecule has 2 aromatic rings. The highest BCUT2D eigenvalue weighted by atomic mass is 16.7. The molecule has 3 atom stereocenters. The lowest BCUT2D eigenvalue weighted by molar-refractivity contribution is -0.127. The average Bonchev–Trinajstić information content (AvgIpc) is 3.28. The number of hydrogen-bond donors (Lipinski definition) is 1. The molecule has 2 heterocycles. The van der Waals surface area contributed by atoms with Crippen molar-refractivity contribution in [2.75, 3.05) is 13.8 Å². The van der Waals surface area contributed by atoms with E-state index < -0.39 is 6.04 Å². The maximum atomic E-state index is 13.5. The monoisotopic (exact) mass is 464 g/mol. The molecule has 34 heavy (non-hydrogen) atoms. The van der Waals surface area contributed by atoms with Gasteiger partial charge in [0.25, 0.3) is 5.91 Å². The minimum Gasteiger partial charge on any atom is -0.490 e. The third-order valence-electron chi connectivity index (χ3n) is 6.21. The zero-order valence-corrected chi connectivity index (χ0v) is 20.1. The summed E-state index contributed by atoms with van der Waals surface area (Å²) in [6.07, 6.45) is 5.27. The standard InChI is InChI=1S/C27H32N2O5/c1-17(2)25-26(30)28-21(19-13-14-23-24(15-19)33-16-32-23)11-7-5-9-18(3)34-22-12-8-6-10-20(22)27(31)29(25)4/h5-8,10,12-15,17-18,21,25H,9,11,16H2,1-4H3,(H,28,30)/b7-5+/t18-,21-,25+/m0/s1. The number of amides is 2. The van der Waals surface area contributed by atoms with Gasteiger partial charge < -0.3 is 24.4 Å². The van der Waals surface area contributed by atoms with Crippen molar-refractivity contribution in [1.82, 2.24) is 10.2 Å². The first-order valence-corrected chi connectivity index (χ1v) is 11.7. The van der Waals surface area contributed by atoms with E-state index in [1.54, 1.807) is 19.2 Å². The van der Waals surface area contributed by atoms with Crippen molar-refractivity contribution in [2.24, 2.45) is 5.92 Å². The number of carbonyl (C=O) groups excluding carboxylic acids is 2. The molecule has 2 aliphatic rings. The summed E-state index contributed by atoms with van der Waals surface area (Å²) in [6, 6.07) is 12.0. The Morgan fingerprint density at radius 3 is 2.50 bits per heavy atom. The molecule has 180 valence electrons. The molecule has 2 aliphatic heterocycles. The number of nitrogens with one attached hydrogen (secondary N) is 1. The summed E-state index contributed by atoms with van der Waals surface area (Å²) >= 11 is 0. The Labute approximate surface area is 200 Å². The summed E-state index contributed by atoms with van der Waals surface area (Å²) in [5.74, 6) is 1.35. The molecule has 0 saturated heterocycles. The summed E-state index contributed by atoms with van der Waals surface area (Å²) in [5.41, 5.74) is 1.36. The van der Waals surface area contributed by atoms with Crippen LogP contribution in [0.1, 0.15) is 55.6 Å². The molecule has 0 aliphatic carbocycles.